The summed E-state index contributed by atoms with van der Waals surface area (Å²) in [5.74, 6) is -0.669. The Morgan fingerprint density at radius 3 is 2.36 bits per heavy atom. The maximum Gasteiger partial charge on any atom is 0.416 e. The van der Waals surface area contributed by atoms with Crippen molar-refractivity contribution in [1.82, 2.24) is 15.2 Å². The summed E-state index contributed by atoms with van der Waals surface area (Å²) in [6.45, 7) is 2.10. The number of hydrogen-bond donors (Lipinski definition) is 2. The molecule has 0 aliphatic heterocycles. The van der Waals surface area contributed by atoms with Crippen molar-refractivity contribution >= 4 is 12.0 Å². The van der Waals surface area contributed by atoms with Crippen LogP contribution in [0.1, 0.15) is 29.2 Å². The average Bonchev–Trinajstić information content (AvgIpc) is 2.85. The molecular formula is C26H26F3N3O4. The monoisotopic (exact) mass is 501 g/mol. The van der Waals surface area contributed by atoms with Crippen LogP contribution in [0.2, 0.25) is 0 Å². The fourth-order valence-electron chi connectivity index (χ4n) is 3.74. The van der Waals surface area contributed by atoms with Gasteiger partial charge in [0.1, 0.15) is 5.75 Å². The molecule has 1 aromatic heterocycles. The highest BCUT2D eigenvalue weighted by Gasteiger charge is 2.31. The van der Waals surface area contributed by atoms with Crippen molar-refractivity contribution in [2.45, 2.75) is 32.6 Å². The number of methoxy groups -OCH3 is 1. The summed E-state index contributed by atoms with van der Waals surface area (Å²) in [6.07, 6.45) is -1.64. The third-order valence-electron chi connectivity index (χ3n) is 5.57. The van der Waals surface area contributed by atoms with Crippen LogP contribution in [0.25, 0.3) is 11.1 Å². The lowest BCUT2D eigenvalue weighted by molar-refractivity contribution is -0.138. The molecule has 0 radical (unpaired) electrons. The van der Waals surface area contributed by atoms with Crippen LogP contribution in [-0.4, -0.2) is 40.6 Å². The molecule has 1 heterocycles. The summed E-state index contributed by atoms with van der Waals surface area (Å²) in [5, 5.41) is 11.9. The van der Waals surface area contributed by atoms with Crippen LogP contribution >= 0.6 is 0 Å². The van der Waals surface area contributed by atoms with Gasteiger partial charge in [0.2, 0.25) is 0 Å². The molecule has 3 rings (SSSR count). The zero-order valence-electron chi connectivity index (χ0n) is 19.8. The number of aromatic nitrogens is 1. The van der Waals surface area contributed by atoms with E-state index in [1.165, 1.54) is 18.1 Å². The second-order valence-corrected chi connectivity index (χ2v) is 8.00. The zero-order chi connectivity index (χ0) is 26.3. The van der Waals surface area contributed by atoms with Gasteiger partial charge in [-0.25, -0.2) is 4.79 Å². The van der Waals surface area contributed by atoms with Gasteiger partial charge >= 0.3 is 18.2 Å². The number of ether oxygens (including phenoxy) is 1. The van der Waals surface area contributed by atoms with Crippen LogP contribution in [0.15, 0.2) is 60.9 Å². The number of carbonyl (C=O) groups is 2. The van der Waals surface area contributed by atoms with E-state index in [9.17, 15) is 22.8 Å². The topological polar surface area (TPSA) is 91.8 Å². The van der Waals surface area contributed by atoms with E-state index in [0.717, 1.165) is 17.7 Å². The predicted octanol–water partition coefficient (Wildman–Crippen LogP) is 5.13. The Labute approximate surface area is 206 Å². The highest BCUT2D eigenvalue weighted by atomic mass is 19.4. The van der Waals surface area contributed by atoms with E-state index >= 15 is 0 Å². The molecule has 10 heteroatoms. The summed E-state index contributed by atoms with van der Waals surface area (Å²) in [5.41, 5.74) is 1.54. The maximum absolute atomic E-state index is 13.6. The second-order valence-electron chi connectivity index (χ2n) is 8.00. The van der Waals surface area contributed by atoms with Gasteiger partial charge in [-0.05, 0) is 65.6 Å². The molecule has 0 unspecified atom stereocenters. The molecule has 0 fully saturated rings. The molecule has 0 spiro atoms. The first-order chi connectivity index (χ1) is 17.1. The summed E-state index contributed by atoms with van der Waals surface area (Å²) < 4.78 is 46.1. The number of carboxylic acids is 1. The van der Waals surface area contributed by atoms with Gasteiger partial charge in [-0.3, -0.25) is 9.78 Å². The van der Waals surface area contributed by atoms with E-state index in [4.69, 9.17) is 9.84 Å². The highest BCUT2D eigenvalue weighted by molar-refractivity contribution is 5.78. The Hall–Kier alpha value is -4.08. The fourth-order valence-corrected chi connectivity index (χ4v) is 3.74. The molecule has 0 bridgehead atoms. The van der Waals surface area contributed by atoms with E-state index in [-0.39, 0.29) is 31.6 Å². The second kappa shape index (κ2) is 11.6. The molecule has 0 saturated carbocycles. The maximum atomic E-state index is 13.6. The lowest BCUT2D eigenvalue weighted by Crippen LogP contribution is -2.39. The number of hydrogen-bond acceptors (Lipinski definition) is 4. The van der Waals surface area contributed by atoms with Crippen LogP contribution in [0.5, 0.6) is 5.75 Å². The SMILES string of the molecule is CCN(Cc1cc(C(F)(F)F)ccc1-c1cc(CC(=O)O)ccc1OC)C(=O)NCc1ccncc1. The van der Waals surface area contributed by atoms with Gasteiger partial charge in [0.25, 0.3) is 0 Å². The molecule has 36 heavy (non-hydrogen) atoms. The number of carboxylic acid groups (broad SMARTS) is 1. The van der Waals surface area contributed by atoms with E-state index in [1.807, 2.05) is 0 Å². The van der Waals surface area contributed by atoms with Crippen molar-refractivity contribution < 1.29 is 32.6 Å². The number of nitrogens with zero attached hydrogens (tertiary/aromatic N) is 2. The van der Waals surface area contributed by atoms with Gasteiger partial charge in [-0.15, -0.1) is 0 Å². The van der Waals surface area contributed by atoms with E-state index in [0.29, 0.717) is 22.4 Å². The Morgan fingerprint density at radius 1 is 1.03 bits per heavy atom. The molecule has 2 N–H and O–H groups in total. The van der Waals surface area contributed by atoms with Crippen molar-refractivity contribution in [3.63, 3.8) is 0 Å². The number of nitrogens with one attached hydrogen (secondary N) is 1. The number of carbonyl (C=O) groups excluding carboxylic acids is 1. The van der Waals surface area contributed by atoms with Crippen molar-refractivity contribution in [3.05, 3.63) is 83.2 Å². The van der Waals surface area contributed by atoms with Gasteiger partial charge < -0.3 is 20.1 Å². The summed E-state index contributed by atoms with van der Waals surface area (Å²) in [7, 11) is 1.42. The minimum atomic E-state index is -4.58. The minimum absolute atomic E-state index is 0.107. The molecule has 190 valence electrons. The van der Waals surface area contributed by atoms with E-state index < -0.39 is 23.7 Å². The molecular weight excluding hydrogens is 475 g/mol. The number of rotatable bonds is 9. The van der Waals surface area contributed by atoms with Crippen LogP contribution in [-0.2, 0) is 30.5 Å². The molecule has 0 atom stereocenters. The summed E-state index contributed by atoms with van der Waals surface area (Å²) in [6, 6.07) is 11.1. The van der Waals surface area contributed by atoms with E-state index in [2.05, 4.69) is 10.3 Å². The third-order valence-corrected chi connectivity index (χ3v) is 5.57. The smallest absolute Gasteiger partial charge is 0.416 e. The first kappa shape index (κ1) is 26.5. The van der Waals surface area contributed by atoms with Crippen LogP contribution in [0, 0.1) is 0 Å². The first-order valence-electron chi connectivity index (χ1n) is 11.1. The Kier molecular flexibility index (Phi) is 8.52. The minimum Gasteiger partial charge on any atom is -0.496 e. The molecule has 2 aromatic carbocycles. The van der Waals surface area contributed by atoms with Crippen LogP contribution in [0.3, 0.4) is 0 Å². The number of alkyl halides is 3. The molecule has 0 aliphatic rings. The Morgan fingerprint density at radius 2 is 1.75 bits per heavy atom. The zero-order valence-corrected chi connectivity index (χ0v) is 19.8. The van der Waals surface area contributed by atoms with Crippen molar-refractivity contribution in [3.8, 4) is 16.9 Å². The molecule has 3 aromatic rings. The van der Waals surface area contributed by atoms with Gasteiger partial charge in [0, 0.05) is 37.6 Å². The lowest BCUT2D eigenvalue weighted by atomic mass is 9.94. The number of amides is 2. The van der Waals surface area contributed by atoms with Gasteiger partial charge in [0.05, 0.1) is 19.1 Å². The Bertz CT molecular complexity index is 1220. The van der Waals surface area contributed by atoms with Crippen LogP contribution in [0.4, 0.5) is 18.0 Å². The standard InChI is InChI=1S/C26H26F3N3O4/c1-3-32(25(35)31-15-17-8-10-30-11-9-17)16-19-14-20(26(27,28)29)5-6-21(19)22-12-18(13-24(33)34)4-7-23(22)36-2/h4-12,14H,3,13,15-16H2,1-2H3,(H,31,35)(H,33,34). The predicted molar refractivity (Wildman–Crippen MR) is 127 cm³/mol. The third kappa shape index (κ3) is 6.74. The number of halogens is 3. The Balaban J connectivity index is 1.99. The quantitative estimate of drug-likeness (QED) is 0.424. The number of aliphatic carboxylic acids is 1. The van der Waals surface area contributed by atoms with Crippen molar-refractivity contribution in [2.75, 3.05) is 13.7 Å². The lowest BCUT2D eigenvalue weighted by Gasteiger charge is -2.24. The van der Waals surface area contributed by atoms with Crippen molar-refractivity contribution in [2.24, 2.45) is 0 Å². The highest BCUT2D eigenvalue weighted by Crippen LogP contribution is 2.38. The fraction of sp³-hybridized carbons (Fsp3) is 0.269. The van der Waals surface area contributed by atoms with Gasteiger partial charge in [-0.2, -0.15) is 13.2 Å². The molecule has 0 saturated heterocycles. The van der Waals surface area contributed by atoms with Gasteiger partial charge in [-0.1, -0.05) is 12.1 Å². The summed E-state index contributed by atoms with van der Waals surface area (Å²) >= 11 is 0. The number of pyridine rings is 1. The molecule has 2 amide bonds. The number of benzene rings is 2. The van der Waals surface area contributed by atoms with E-state index in [1.54, 1.807) is 49.6 Å². The largest absolute Gasteiger partial charge is 0.496 e. The molecule has 0 aliphatic carbocycles. The van der Waals surface area contributed by atoms with Crippen LogP contribution < -0.4 is 10.1 Å². The normalized spacial score (nSPS) is 11.1. The summed E-state index contributed by atoms with van der Waals surface area (Å²) in [4.78, 5) is 29.4. The first-order valence-corrected chi connectivity index (χ1v) is 11.1. The average molecular weight is 502 g/mol. The number of urea groups is 1. The molecule has 7 nitrogen and oxygen atoms in total. The van der Waals surface area contributed by atoms with Crippen molar-refractivity contribution in [1.29, 1.82) is 0 Å². The van der Waals surface area contributed by atoms with Gasteiger partial charge in [0.15, 0.2) is 0 Å².